The van der Waals surface area contributed by atoms with Gasteiger partial charge in [0.2, 0.25) is 0 Å². The SMILES string of the molecule is Oc1[nH]c2nccnc2c1-c1ccc(F)c(-c2ncnc3cc(CC4CCOCC4)sc23)c1. The van der Waals surface area contributed by atoms with E-state index in [4.69, 9.17) is 4.74 Å². The summed E-state index contributed by atoms with van der Waals surface area (Å²) in [6, 6.07) is 6.80. The number of benzene rings is 1. The molecule has 1 aliphatic heterocycles. The summed E-state index contributed by atoms with van der Waals surface area (Å²) >= 11 is 1.62. The first-order valence-corrected chi connectivity index (χ1v) is 11.6. The van der Waals surface area contributed by atoms with Crippen LogP contribution < -0.4 is 0 Å². The van der Waals surface area contributed by atoms with Crippen LogP contribution in [0.4, 0.5) is 4.39 Å². The van der Waals surface area contributed by atoms with Crippen molar-refractivity contribution >= 4 is 32.7 Å². The van der Waals surface area contributed by atoms with Crippen LogP contribution in [0.3, 0.4) is 0 Å². The highest BCUT2D eigenvalue weighted by Gasteiger charge is 2.21. The molecule has 0 atom stereocenters. The van der Waals surface area contributed by atoms with E-state index in [-0.39, 0.29) is 11.7 Å². The molecule has 9 heteroatoms. The Morgan fingerprint density at radius 2 is 1.94 bits per heavy atom. The highest BCUT2D eigenvalue weighted by atomic mass is 32.1. The number of ether oxygens (including phenoxy) is 1. The molecule has 5 heterocycles. The van der Waals surface area contributed by atoms with Gasteiger partial charge in [0.25, 0.3) is 0 Å². The number of rotatable bonds is 4. The van der Waals surface area contributed by atoms with Gasteiger partial charge >= 0.3 is 0 Å². The largest absolute Gasteiger partial charge is 0.494 e. The normalized spacial score (nSPS) is 14.9. The van der Waals surface area contributed by atoms with Gasteiger partial charge in [-0.05, 0) is 48.9 Å². The molecule has 7 nitrogen and oxygen atoms in total. The Bertz CT molecular complexity index is 1470. The van der Waals surface area contributed by atoms with Gasteiger partial charge in [0, 0.05) is 36.0 Å². The third-order valence-corrected chi connectivity index (χ3v) is 7.27. The summed E-state index contributed by atoms with van der Waals surface area (Å²) in [5.74, 6) is 0.147. The fourth-order valence-corrected chi connectivity index (χ4v) is 5.69. The van der Waals surface area contributed by atoms with Crippen molar-refractivity contribution in [3.63, 3.8) is 0 Å². The van der Waals surface area contributed by atoms with Crippen LogP contribution >= 0.6 is 11.3 Å². The summed E-state index contributed by atoms with van der Waals surface area (Å²) in [5, 5.41) is 10.5. The second-order valence-corrected chi connectivity index (χ2v) is 9.34. The number of halogens is 1. The maximum atomic E-state index is 15.1. The van der Waals surface area contributed by atoms with Crippen LogP contribution in [0.25, 0.3) is 43.8 Å². The van der Waals surface area contributed by atoms with E-state index in [1.54, 1.807) is 35.9 Å². The minimum absolute atomic E-state index is 0.0588. The van der Waals surface area contributed by atoms with Crippen LogP contribution in [0.15, 0.2) is 43.0 Å². The van der Waals surface area contributed by atoms with Crippen LogP contribution in [0.5, 0.6) is 5.88 Å². The molecule has 0 radical (unpaired) electrons. The molecule has 0 aliphatic carbocycles. The standard InChI is InChI=1S/C24H20FN5O2S/c25-17-2-1-14(19-21-23(30-24(19)31)27-6-5-26-21)10-16(17)20-22-18(28-12-29-20)11-15(33-22)9-13-3-7-32-8-4-13/h1-2,5-6,10-13,31H,3-4,7-9H2,(H,27,30). The molecule has 5 aromatic rings. The van der Waals surface area contributed by atoms with Crippen LogP contribution in [-0.2, 0) is 11.2 Å². The van der Waals surface area contributed by atoms with E-state index in [9.17, 15) is 5.11 Å². The second kappa shape index (κ2) is 8.17. The number of H-pyrrole nitrogens is 1. The van der Waals surface area contributed by atoms with Crippen molar-refractivity contribution in [1.82, 2.24) is 24.9 Å². The van der Waals surface area contributed by atoms with Crippen LogP contribution in [0, 0.1) is 11.7 Å². The van der Waals surface area contributed by atoms with Gasteiger partial charge in [-0.15, -0.1) is 11.3 Å². The highest BCUT2D eigenvalue weighted by molar-refractivity contribution is 7.19. The highest BCUT2D eigenvalue weighted by Crippen LogP contribution is 2.39. The number of thiophene rings is 1. The Balaban J connectivity index is 1.44. The number of hydrogen-bond donors (Lipinski definition) is 2. The molecule has 1 saturated heterocycles. The molecule has 33 heavy (non-hydrogen) atoms. The molecule has 6 rings (SSSR count). The van der Waals surface area contributed by atoms with Crippen molar-refractivity contribution in [1.29, 1.82) is 0 Å². The zero-order valence-corrected chi connectivity index (χ0v) is 18.4. The van der Waals surface area contributed by atoms with Crippen molar-refractivity contribution in [2.24, 2.45) is 5.92 Å². The molecule has 0 spiro atoms. The maximum absolute atomic E-state index is 15.1. The minimum atomic E-state index is -0.386. The van der Waals surface area contributed by atoms with E-state index in [1.165, 1.54) is 17.3 Å². The molecule has 0 amide bonds. The van der Waals surface area contributed by atoms with E-state index in [0.717, 1.165) is 42.7 Å². The van der Waals surface area contributed by atoms with Gasteiger partial charge in [-0.3, -0.25) is 4.98 Å². The number of nitrogens with one attached hydrogen (secondary N) is 1. The van der Waals surface area contributed by atoms with Gasteiger partial charge in [0.1, 0.15) is 17.7 Å². The lowest BCUT2D eigenvalue weighted by atomic mass is 9.96. The summed E-state index contributed by atoms with van der Waals surface area (Å²) < 4.78 is 21.4. The molecule has 1 aromatic carbocycles. The first-order chi connectivity index (χ1) is 16.2. The lowest BCUT2D eigenvalue weighted by molar-refractivity contribution is 0.0667. The third-order valence-electron chi connectivity index (χ3n) is 6.11. The molecule has 0 saturated carbocycles. The summed E-state index contributed by atoms with van der Waals surface area (Å²) in [6.45, 7) is 1.62. The number of fused-ring (bicyclic) bond motifs is 2. The van der Waals surface area contributed by atoms with Crippen LogP contribution in [-0.4, -0.2) is 43.2 Å². The quantitative estimate of drug-likeness (QED) is 0.386. The molecular formula is C24H20FN5O2S. The fourth-order valence-electron chi connectivity index (χ4n) is 4.47. The summed E-state index contributed by atoms with van der Waals surface area (Å²) in [7, 11) is 0. The molecule has 0 unspecified atom stereocenters. The smallest absolute Gasteiger partial charge is 0.200 e. The zero-order chi connectivity index (χ0) is 22.4. The van der Waals surface area contributed by atoms with E-state index in [1.807, 2.05) is 0 Å². The van der Waals surface area contributed by atoms with Gasteiger partial charge in [-0.2, -0.15) is 0 Å². The summed E-state index contributed by atoms with van der Waals surface area (Å²) in [6.07, 6.45) is 7.66. The van der Waals surface area contributed by atoms with Gasteiger partial charge in [0.15, 0.2) is 11.5 Å². The molecule has 2 N–H and O–H groups in total. The molecule has 4 aromatic heterocycles. The average molecular weight is 462 g/mol. The molecular weight excluding hydrogens is 441 g/mol. The number of aromatic hydroxyl groups is 1. The number of aromatic nitrogens is 5. The van der Waals surface area contributed by atoms with Crippen molar-refractivity contribution in [3.05, 3.63) is 53.7 Å². The van der Waals surface area contributed by atoms with E-state index in [2.05, 4.69) is 31.0 Å². The number of hydrogen-bond acceptors (Lipinski definition) is 7. The van der Waals surface area contributed by atoms with Crippen molar-refractivity contribution in [2.75, 3.05) is 13.2 Å². The summed E-state index contributed by atoms with van der Waals surface area (Å²) in [5.41, 5.74) is 3.83. The van der Waals surface area contributed by atoms with Crippen molar-refractivity contribution in [3.8, 4) is 28.3 Å². The maximum Gasteiger partial charge on any atom is 0.200 e. The third kappa shape index (κ3) is 3.63. The topological polar surface area (TPSA) is 96.8 Å². The Kier molecular flexibility index (Phi) is 5.00. The fraction of sp³-hybridized carbons (Fsp3) is 0.250. The Morgan fingerprint density at radius 3 is 2.82 bits per heavy atom. The monoisotopic (exact) mass is 461 g/mol. The Labute approximate surface area is 192 Å². The molecule has 0 bridgehead atoms. The molecule has 166 valence electrons. The first kappa shape index (κ1) is 20.2. The number of nitrogens with zero attached hydrogens (tertiary/aromatic N) is 4. The predicted octanol–water partition coefficient (Wildman–Crippen LogP) is 5.11. The van der Waals surface area contributed by atoms with Crippen LogP contribution in [0.1, 0.15) is 17.7 Å². The van der Waals surface area contributed by atoms with Crippen molar-refractivity contribution < 1.29 is 14.2 Å². The average Bonchev–Trinajstić information content (AvgIpc) is 3.39. The predicted molar refractivity (Wildman–Crippen MR) is 125 cm³/mol. The second-order valence-electron chi connectivity index (χ2n) is 8.21. The minimum Gasteiger partial charge on any atom is -0.494 e. The Hall–Kier alpha value is -3.43. The molecule has 1 fully saturated rings. The van der Waals surface area contributed by atoms with E-state index in [0.29, 0.717) is 39.5 Å². The van der Waals surface area contributed by atoms with E-state index < -0.39 is 0 Å². The van der Waals surface area contributed by atoms with Gasteiger partial charge in [0.05, 0.1) is 21.5 Å². The van der Waals surface area contributed by atoms with E-state index >= 15 is 4.39 Å². The lowest BCUT2D eigenvalue weighted by Gasteiger charge is -2.21. The summed E-state index contributed by atoms with van der Waals surface area (Å²) in [4.78, 5) is 21.5. The Morgan fingerprint density at radius 1 is 1.09 bits per heavy atom. The van der Waals surface area contributed by atoms with Gasteiger partial charge < -0.3 is 14.8 Å². The number of aromatic amines is 1. The molecule has 1 aliphatic rings. The van der Waals surface area contributed by atoms with Crippen LogP contribution in [0.2, 0.25) is 0 Å². The van der Waals surface area contributed by atoms with Gasteiger partial charge in [-0.1, -0.05) is 6.07 Å². The lowest BCUT2D eigenvalue weighted by Crippen LogP contribution is -2.17. The first-order valence-electron chi connectivity index (χ1n) is 10.8. The zero-order valence-electron chi connectivity index (χ0n) is 17.6. The van der Waals surface area contributed by atoms with Gasteiger partial charge in [-0.25, -0.2) is 19.3 Å². The van der Waals surface area contributed by atoms with Crippen molar-refractivity contribution in [2.45, 2.75) is 19.3 Å².